The average molecular weight is 462 g/mol. The number of nitrogens with two attached hydrogens (primary N) is 1. The van der Waals surface area contributed by atoms with Gasteiger partial charge in [0.15, 0.2) is 17.0 Å². The number of benzene rings is 1. The molecule has 33 heavy (non-hydrogen) atoms. The average Bonchev–Trinajstić information content (AvgIpc) is 3.19. The number of fused-ring (bicyclic) bond motifs is 1. The highest BCUT2D eigenvalue weighted by Crippen LogP contribution is 2.34. The molecule has 0 atom stereocenters. The zero-order chi connectivity index (χ0) is 23.6. The number of imidazole rings is 1. The standard InChI is InChI=1S/C23H30F3N7/c1-15(2)33-20(16-7-9-17(10-8-16)23(24,25)26)29-18-19(28-12-6-11-27)30-22(31-21(18)33)32-13-4-3-5-14-32/h7-10,15H,3-6,11-14,27H2,1-2H3,(H,28,30,31). The number of anilines is 2. The van der Waals surface area contributed by atoms with Crippen LogP contribution in [0.4, 0.5) is 24.9 Å². The normalized spacial score (nSPS) is 14.9. The molecule has 1 aliphatic rings. The van der Waals surface area contributed by atoms with Crippen LogP contribution in [0.3, 0.4) is 0 Å². The van der Waals surface area contributed by atoms with Crippen molar-refractivity contribution < 1.29 is 13.2 Å². The van der Waals surface area contributed by atoms with Crippen molar-refractivity contribution in [1.82, 2.24) is 19.5 Å². The van der Waals surface area contributed by atoms with Crippen LogP contribution in [-0.4, -0.2) is 45.7 Å². The lowest BCUT2D eigenvalue weighted by atomic mass is 10.1. The number of nitrogens with zero attached hydrogens (tertiary/aromatic N) is 5. The van der Waals surface area contributed by atoms with Crippen LogP contribution in [0, 0.1) is 0 Å². The quantitative estimate of drug-likeness (QED) is 0.490. The summed E-state index contributed by atoms with van der Waals surface area (Å²) >= 11 is 0. The Kier molecular flexibility index (Phi) is 6.73. The van der Waals surface area contributed by atoms with Gasteiger partial charge in [0.2, 0.25) is 5.95 Å². The van der Waals surface area contributed by atoms with Crippen LogP contribution in [0.15, 0.2) is 24.3 Å². The molecule has 0 saturated carbocycles. The number of hydrogen-bond donors (Lipinski definition) is 2. The summed E-state index contributed by atoms with van der Waals surface area (Å²) in [4.78, 5) is 16.7. The molecule has 1 aliphatic heterocycles. The molecule has 1 saturated heterocycles. The molecule has 0 amide bonds. The summed E-state index contributed by atoms with van der Waals surface area (Å²) in [6.45, 7) is 7.02. The fourth-order valence-corrected chi connectivity index (χ4v) is 4.13. The van der Waals surface area contributed by atoms with Crippen LogP contribution in [0.25, 0.3) is 22.6 Å². The lowest BCUT2D eigenvalue weighted by Gasteiger charge is -2.27. The van der Waals surface area contributed by atoms with Crippen LogP contribution >= 0.6 is 0 Å². The Balaban J connectivity index is 1.85. The van der Waals surface area contributed by atoms with Gasteiger partial charge in [-0.25, -0.2) is 4.98 Å². The maximum Gasteiger partial charge on any atom is 0.416 e. The maximum absolute atomic E-state index is 13.1. The fourth-order valence-electron chi connectivity index (χ4n) is 4.13. The highest BCUT2D eigenvalue weighted by atomic mass is 19.4. The van der Waals surface area contributed by atoms with Gasteiger partial charge in [0.05, 0.1) is 5.56 Å². The third-order valence-corrected chi connectivity index (χ3v) is 5.83. The lowest BCUT2D eigenvalue weighted by molar-refractivity contribution is -0.137. The van der Waals surface area contributed by atoms with Crippen LogP contribution in [0.2, 0.25) is 0 Å². The molecule has 2 aromatic heterocycles. The van der Waals surface area contributed by atoms with Crippen molar-refractivity contribution in [2.75, 3.05) is 36.4 Å². The molecule has 178 valence electrons. The van der Waals surface area contributed by atoms with Gasteiger partial charge in [0.1, 0.15) is 5.82 Å². The minimum absolute atomic E-state index is 0.00621. The van der Waals surface area contributed by atoms with Crippen molar-refractivity contribution in [1.29, 1.82) is 0 Å². The molecule has 0 unspecified atom stereocenters. The lowest BCUT2D eigenvalue weighted by Crippen LogP contribution is -2.31. The molecule has 0 spiro atoms. The number of hydrogen-bond acceptors (Lipinski definition) is 6. The van der Waals surface area contributed by atoms with Crippen molar-refractivity contribution >= 4 is 22.9 Å². The van der Waals surface area contributed by atoms with Crippen molar-refractivity contribution in [2.45, 2.75) is 51.7 Å². The third-order valence-electron chi connectivity index (χ3n) is 5.83. The van der Waals surface area contributed by atoms with E-state index in [1.807, 2.05) is 18.4 Å². The Morgan fingerprint density at radius 1 is 1.03 bits per heavy atom. The van der Waals surface area contributed by atoms with Gasteiger partial charge in [-0.1, -0.05) is 12.1 Å². The second-order valence-corrected chi connectivity index (χ2v) is 8.64. The number of halogens is 3. The van der Waals surface area contributed by atoms with E-state index < -0.39 is 11.7 Å². The number of alkyl halides is 3. The van der Waals surface area contributed by atoms with Gasteiger partial charge < -0.3 is 20.5 Å². The van der Waals surface area contributed by atoms with E-state index in [0.29, 0.717) is 47.4 Å². The molecule has 3 aromatic rings. The number of piperidine rings is 1. The van der Waals surface area contributed by atoms with Crippen LogP contribution in [0.1, 0.15) is 51.1 Å². The third kappa shape index (κ3) is 4.90. The zero-order valence-corrected chi connectivity index (χ0v) is 19.0. The summed E-state index contributed by atoms with van der Waals surface area (Å²) in [5.41, 5.74) is 6.85. The molecule has 1 aromatic carbocycles. The van der Waals surface area contributed by atoms with Gasteiger partial charge in [-0.15, -0.1) is 0 Å². The van der Waals surface area contributed by atoms with Gasteiger partial charge in [-0.2, -0.15) is 23.1 Å². The van der Waals surface area contributed by atoms with Gasteiger partial charge in [0.25, 0.3) is 0 Å². The number of nitrogens with one attached hydrogen (secondary N) is 1. The predicted molar refractivity (Wildman–Crippen MR) is 124 cm³/mol. The van der Waals surface area contributed by atoms with E-state index in [4.69, 9.17) is 20.7 Å². The molecular formula is C23H30F3N7. The second kappa shape index (κ2) is 9.54. The van der Waals surface area contributed by atoms with E-state index in [2.05, 4.69) is 10.2 Å². The fraction of sp³-hybridized carbons (Fsp3) is 0.522. The largest absolute Gasteiger partial charge is 0.416 e. The van der Waals surface area contributed by atoms with E-state index in [9.17, 15) is 13.2 Å². The number of rotatable bonds is 7. The van der Waals surface area contributed by atoms with E-state index in [0.717, 1.165) is 44.5 Å². The van der Waals surface area contributed by atoms with Crippen LogP contribution in [0.5, 0.6) is 0 Å². The molecule has 10 heteroatoms. The van der Waals surface area contributed by atoms with Crippen molar-refractivity contribution in [3.63, 3.8) is 0 Å². The van der Waals surface area contributed by atoms with Gasteiger partial charge in [0, 0.05) is 31.2 Å². The first-order valence-corrected chi connectivity index (χ1v) is 11.5. The minimum atomic E-state index is -4.38. The van der Waals surface area contributed by atoms with Gasteiger partial charge >= 0.3 is 6.18 Å². The molecule has 0 radical (unpaired) electrons. The SMILES string of the molecule is CC(C)n1c(-c2ccc(C(F)(F)F)cc2)nc2c(NCCCN)nc(N3CCCCC3)nc21. The summed E-state index contributed by atoms with van der Waals surface area (Å²) in [5, 5.41) is 3.35. The topological polar surface area (TPSA) is 84.9 Å². The predicted octanol–water partition coefficient (Wildman–Crippen LogP) is 4.84. The van der Waals surface area contributed by atoms with Gasteiger partial charge in [-0.3, -0.25) is 0 Å². The molecule has 1 fully saturated rings. The highest BCUT2D eigenvalue weighted by molar-refractivity contribution is 5.88. The van der Waals surface area contributed by atoms with E-state index in [-0.39, 0.29) is 6.04 Å². The summed E-state index contributed by atoms with van der Waals surface area (Å²) in [6, 6.07) is 5.09. The van der Waals surface area contributed by atoms with E-state index >= 15 is 0 Å². The summed E-state index contributed by atoms with van der Waals surface area (Å²) in [7, 11) is 0. The Labute approximate surface area is 191 Å². The first-order chi connectivity index (χ1) is 15.8. The zero-order valence-electron chi connectivity index (χ0n) is 19.0. The molecule has 4 rings (SSSR count). The first kappa shape index (κ1) is 23.3. The number of aromatic nitrogens is 4. The molecule has 0 bridgehead atoms. The summed E-state index contributed by atoms with van der Waals surface area (Å²) < 4.78 is 41.1. The first-order valence-electron chi connectivity index (χ1n) is 11.5. The summed E-state index contributed by atoms with van der Waals surface area (Å²) in [5.74, 6) is 1.85. The molecular weight excluding hydrogens is 431 g/mol. The van der Waals surface area contributed by atoms with E-state index in [1.54, 1.807) is 0 Å². The van der Waals surface area contributed by atoms with Crippen molar-refractivity contribution in [3.8, 4) is 11.4 Å². The Hall–Kier alpha value is -2.88. The Bertz CT molecular complexity index is 1080. The molecule has 3 heterocycles. The van der Waals surface area contributed by atoms with Crippen molar-refractivity contribution in [2.24, 2.45) is 5.73 Å². The van der Waals surface area contributed by atoms with Crippen LogP contribution in [-0.2, 0) is 6.18 Å². The van der Waals surface area contributed by atoms with E-state index in [1.165, 1.54) is 18.6 Å². The second-order valence-electron chi connectivity index (χ2n) is 8.64. The smallest absolute Gasteiger partial charge is 0.368 e. The minimum Gasteiger partial charge on any atom is -0.368 e. The highest BCUT2D eigenvalue weighted by Gasteiger charge is 2.30. The summed E-state index contributed by atoms with van der Waals surface area (Å²) in [6.07, 6.45) is -0.218. The maximum atomic E-state index is 13.1. The molecule has 7 nitrogen and oxygen atoms in total. The van der Waals surface area contributed by atoms with Gasteiger partial charge in [-0.05, 0) is 58.2 Å². The Morgan fingerprint density at radius 2 is 1.73 bits per heavy atom. The monoisotopic (exact) mass is 461 g/mol. The van der Waals surface area contributed by atoms with Crippen molar-refractivity contribution in [3.05, 3.63) is 29.8 Å². The molecule has 0 aliphatic carbocycles. The molecule has 3 N–H and O–H groups in total. The Morgan fingerprint density at radius 3 is 2.33 bits per heavy atom. The van der Waals surface area contributed by atoms with Crippen LogP contribution < -0.4 is 16.0 Å².